The number of benzene rings is 2. The van der Waals surface area contributed by atoms with Gasteiger partial charge in [-0.15, -0.1) is 0 Å². The monoisotopic (exact) mass is 444 g/mol. The maximum Gasteiger partial charge on any atom is 0.265 e. The summed E-state index contributed by atoms with van der Waals surface area (Å²) in [5.74, 6) is 1.34. The molecule has 4 rings (SSSR count). The number of hydrogen-bond donors (Lipinski definition) is 1. The summed E-state index contributed by atoms with van der Waals surface area (Å²) in [5, 5.41) is 3.87. The summed E-state index contributed by atoms with van der Waals surface area (Å²) in [4.78, 5) is 18.1. The van der Waals surface area contributed by atoms with Gasteiger partial charge in [-0.05, 0) is 30.3 Å². The second-order valence-electron chi connectivity index (χ2n) is 6.69. The van der Waals surface area contributed by atoms with Crippen molar-refractivity contribution >= 4 is 27.3 Å². The number of ether oxygens (including phenoxy) is 2. The molecule has 1 amide bonds. The number of carbonyl (C=O) groups is 1. The van der Waals surface area contributed by atoms with Gasteiger partial charge in [-0.1, -0.05) is 18.1 Å². The molecule has 162 valence electrons. The lowest BCUT2D eigenvalue weighted by Crippen LogP contribution is -2.38. The molecular weight excluding hydrogens is 424 g/mol. The Bertz CT molecular complexity index is 1220. The Morgan fingerprint density at radius 3 is 2.81 bits per heavy atom. The Hall–Kier alpha value is -3.60. The zero-order valence-electron chi connectivity index (χ0n) is 16.9. The maximum atomic E-state index is 12.9. The first-order valence-electron chi connectivity index (χ1n) is 9.45. The Balaban J connectivity index is 1.65. The van der Waals surface area contributed by atoms with E-state index in [1.54, 1.807) is 24.3 Å². The summed E-state index contributed by atoms with van der Waals surface area (Å²) >= 11 is 0. The predicted molar refractivity (Wildman–Crippen MR) is 111 cm³/mol. The van der Waals surface area contributed by atoms with E-state index in [-0.39, 0.29) is 24.0 Å². The molecule has 0 unspecified atom stereocenters. The average Bonchev–Trinajstić information content (AvgIpc) is 3.23. The lowest BCUT2D eigenvalue weighted by molar-refractivity contribution is -0.121. The summed E-state index contributed by atoms with van der Waals surface area (Å²) in [6.07, 6.45) is 0.568. The fourth-order valence-electron chi connectivity index (χ4n) is 3.06. The van der Waals surface area contributed by atoms with Crippen LogP contribution in [0.4, 0.5) is 11.4 Å². The van der Waals surface area contributed by atoms with Crippen LogP contribution in [0.25, 0.3) is 0 Å². The Labute approximate surface area is 178 Å². The number of amides is 1. The molecule has 2 aromatic carbocycles. The van der Waals surface area contributed by atoms with E-state index in [0.717, 1.165) is 0 Å². The molecule has 1 aliphatic rings. The van der Waals surface area contributed by atoms with Gasteiger partial charge in [0.2, 0.25) is 5.89 Å². The van der Waals surface area contributed by atoms with Crippen molar-refractivity contribution in [2.24, 2.45) is 0 Å². The topological polar surface area (TPSA) is 124 Å². The van der Waals surface area contributed by atoms with Crippen molar-refractivity contribution in [3.05, 3.63) is 54.2 Å². The van der Waals surface area contributed by atoms with Crippen molar-refractivity contribution in [3.63, 3.8) is 0 Å². The van der Waals surface area contributed by atoms with Gasteiger partial charge in [0.1, 0.15) is 11.5 Å². The Morgan fingerprint density at radius 2 is 2.06 bits per heavy atom. The molecule has 10 nitrogen and oxygen atoms in total. The second-order valence-corrected chi connectivity index (χ2v) is 8.38. The van der Waals surface area contributed by atoms with Crippen LogP contribution in [0, 0.1) is 0 Å². The number of sulfonamides is 1. The summed E-state index contributed by atoms with van der Waals surface area (Å²) in [7, 11) is -2.44. The van der Waals surface area contributed by atoms with Crippen LogP contribution in [0.1, 0.15) is 18.6 Å². The van der Waals surface area contributed by atoms with E-state index in [1.165, 1.54) is 30.2 Å². The molecule has 0 atom stereocenters. The molecule has 1 aromatic heterocycles. The van der Waals surface area contributed by atoms with Gasteiger partial charge in [0.25, 0.3) is 15.9 Å². The van der Waals surface area contributed by atoms with E-state index in [9.17, 15) is 13.2 Å². The van der Waals surface area contributed by atoms with Crippen LogP contribution in [-0.4, -0.2) is 38.2 Å². The molecule has 0 saturated heterocycles. The highest BCUT2D eigenvalue weighted by Crippen LogP contribution is 2.35. The van der Waals surface area contributed by atoms with Gasteiger partial charge in [0, 0.05) is 12.5 Å². The van der Waals surface area contributed by atoms with Crippen LogP contribution in [0.3, 0.4) is 0 Å². The van der Waals surface area contributed by atoms with Crippen LogP contribution in [0.2, 0.25) is 0 Å². The fourth-order valence-corrected chi connectivity index (χ4v) is 4.13. The van der Waals surface area contributed by atoms with Crippen molar-refractivity contribution < 1.29 is 27.2 Å². The molecule has 31 heavy (non-hydrogen) atoms. The number of fused-ring (bicyclic) bond motifs is 1. The smallest absolute Gasteiger partial charge is 0.265 e. The zero-order valence-corrected chi connectivity index (χ0v) is 17.7. The molecule has 2 heterocycles. The minimum Gasteiger partial charge on any atom is -0.497 e. The summed E-state index contributed by atoms with van der Waals surface area (Å²) in [5.41, 5.74) is 0.660. The number of aryl methyl sites for hydroxylation is 1. The fraction of sp³-hybridized carbons (Fsp3) is 0.250. The van der Waals surface area contributed by atoms with Gasteiger partial charge in [-0.2, -0.15) is 4.98 Å². The van der Waals surface area contributed by atoms with Gasteiger partial charge in [-0.3, -0.25) is 14.4 Å². The SMILES string of the molecule is CCc1nc(CN2C(=O)COc3ccc(S(=O)(=O)Nc4cccc(OC)c4)cc32)no1. The van der Waals surface area contributed by atoms with Crippen LogP contribution in [0.5, 0.6) is 11.5 Å². The van der Waals surface area contributed by atoms with Gasteiger partial charge in [0.15, 0.2) is 12.4 Å². The molecular formula is C20H20N4O6S. The van der Waals surface area contributed by atoms with E-state index >= 15 is 0 Å². The van der Waals surface area contributed by atoms with Gasteiger partial charge in [-0.25, -0.2) is 8.42 Å². The maximum absolute atomic E-state index is 12.9. The largest absolute Gasteiger partial charge is 0.497 e. The Morgan fingerprint density at radius 1 is 1.23 bits per heavy atom. The average molecular weight is 444 g/mol. The van der Waals surface area contributed by atoms with E-state index < -0.39 is 10.0 Å². The lowest BCUT2D eigenvalue weighted by Gasteiger charge is -2.28. The summed E-state index contributed by atoms with van der Waals surface area (Å²) < 4.78 is 44.1. The first kappa shape index (κ1) is 20.7. The molecule has 0 aliphatic carbocycles. The van der Waals surface area contributed by atoms with Gasteiger partial charge in [0.05, 0.1) is 29.9 Å². The van der Waals surface area contributed by atoms with Crippen LogP contribution >= 0.6 is 0 Å². The number of carbonyl (C=O) groups excluding carboxylic acids is 1. The lowest BCUT2D eigenvalue weighted by atomic mass is 10.2. The van der Waals surface area contributed by atoms with E-state index in [4.69, 9.17) is 14.0 Å². The van der Waals surface area contributed by atoms with Crippen molar-refractivity contribution in [2.45, 2.75) is 24.8 Å². The third-order valence-electron chi connectivity index (χ3n) is 4.62. The summed E-state index contributed by atoms with van der Waals surface area (Å²) in [6, 6.07) is 10.9. The number of anilines is 2. The molecule has 1 aliphatic heterocycles. The van der Waals surface area contributed by atoms with Crippen molar-refractivity contribution in [1.82, 2.24) is 10.1 Å². The first-order chi connectivity index (χ1) is 14.9. The summed E-state index contributed by atoms with van der Waals surface area (Å²) in [6.45, 7) is 1.74. The first-order valence-corrected chi connectivity index (χ1v) is 10.9. The highest BCUT2D eigenvalue weighted by Gasteiger charge is 2.29. The third-order valence-corrected chi connectivity index (χ3v) is 6.00. The number of nitrogens with one attached hydrogen (secondary N) is 1. The van der Waals surface area contributed by atoms with Crippen molar-refractivity contribution in [3.8, 4) is 11.5 Å². The standard InChI is InChI=1S/C20H20N4O6S/c1-3-19-21-18(22-30-19)11-24-16-10-15(7-8-17(16)29-12-20(24)25)31(26,27)23-13-5-4-6-14(9-13)28-2/h4-10,23H,3,11-12H2,1-2H3. The zero-order chi connectivity index (χ0) is 22.0. The highest BCUT2D eigenvalue weighted by atomic mass is 32.2. The molecule has 0 saturated carbocycles. The molecule has 0 fully saturated rings. The minimum atomic E-state index is -3.93. The quantitative estimate of drug-likeness (QED) is 0.589. The van der Waals surface area contributed by atoms with Gasteiger partial charge >= 0.3 is 0 Å². The van der Waals surface area contributed by atoms with Gasteiger partial charge < -0.3 is 14.0 Å². The van der Waals surface area contributed by atoms with Crippen LogP contribution < -0.4 is 19.1 Å². The Kier molecular flexibility index (Phi) is 5.51. The van der Waals surface area contributed by atoms with Crippen molar-refractivity contribution in [1.29, 1.82) is 0 Å². The van der Waals surface area contributed by atoms with E-state index in [2.05, 4.69) is 14.9 Å². The molecule has 11 heteroatoms. The number of methoxy groups -OCH3 is 1. The molecule has 0 bridgehead atoms. The predicted octanol–water partition coefficient (Wildman–Crippen LogP) is 2.37. The third kappa shape index (κ3) is 4.31. The molecule has 0 spiro atoms. The molecule has 0 radical (unpaired) electrons. The van der Waals surface area contributed by atoms with Crippen LogP contribution in [-0.2, 0) is 27.8 Å². The number of hydrogen-bond acceptors (Lipinski definition) is 8. The highest BCUT2D eigenvalue weighted by molar-refractivity contribution is 7.92. The van der Waals surface area contributed by atoms with Crippen molar-refractivity contribution in [2.75, 3.05) is 23.3 Å². The normalized spacial score (nSPS) is 13.5. The molecule has 3 aromatic rings. The number of rotatable bonds is 7. The number of aromatic nitrogens is 2. The van der Waals surface area contributed by atoms with E-state index in [0.29, 0.717) is 41.0 Å². The number of nitrogens with zero attached hydrogens (tertiary/aromatic N) is 3. The van der Waals surface area contributed by atoms with Crippen LogP contribution in [0.15, 0.2) is 51.9 Å². The minimum absolute atomic E-state index is 0.0280. The van der Waals surface area contributed by atoms with E-state index in [1.807, 2.05) is 6.92 Å². The molecule has 1 N–H and O–H groups in total. The second kappa shape index (κ2) is 8.26.